The first kappa shape index (κ1) is 17.5. The van der Waals surface area contributed by atoms with Crippen molar-refractivity contribution in [1.29, 1.82) is 0 Å². The van der Waals surface area contributed by atoms with Crippen LogP contribution in [0.1, 0.15) is 15.9 Å². The average molecular weight is 375 g/mol. The summed E-state index contributed by atoms with van der Waals surface area (Å²) in [6.45, 7) is 0. The number of ketones is 1. The molecule has 140 valence electrons. The minimum absolute atomic E-state index is 0.0618. The fraction of sp³-hybridized carbons (Fsp3) is 0.0952. The number of aromatic nitrogens is 2. The Hall–Kier alpha value is -3.87. The fourth-order valence-electron chi connectivity index (χ4n) is 3.33. The molecule has 4 rings (SSSR count). The summed E-state index contributed by atoms with van der Waals surface area (Å²) in [5.41, 5.74) is 2.57. The second-order valence-corrected chi connectivity index (χ2v) is 6.50. The van der Waals surface area contributed by atoms with Crippen molar-refractivity contribution < 1.29 is 19.5 Å². The van der Waals surface area contributed by atoms with Gasteiger partial charge in [0.25, 0.3) is 11.7 Å². The highest BCUT2D eigenvalue weighted by molar-refractivity contribution is 6.45. The number of carboxylic acid groups (broad SMARTS) is 1. The standard InChI is InChI=1S/C21H17N3O4/c25-19(15-11-23-17-8-4-2-6-14(15)17)20(26)24-18(21(27)28)9-12-10-22-16-7-3-1-5-13(12)16/h1-8,10-11,18,22-23H,9H2,(H,24,26)(H,27,28). The van der Waals surface area contributed by atoms with Crippen LogP contribution in [0.3, 0.4) is 0 Å². The SMILES string of the molecule is O=C(NC(Cc1c[nH]c2ccccc12)C(=O)O)C(=O)c1c[nH]c2ccccc12. The van der Waals surface area contributed by atoms with E-state index in [1.807, 2.05) is 30.3 Å². The third-order valence-corrected chi connectivity index (χ3v) is 4.74. The minimum atomic E-state index is -1.22. The lowest BCUT2D eigenvalue weighted by Crippen LogP contribution is -2.45. The van der Waals surface area contributed by atoms with Gasteiger partial charge in [0.1, 0.15) is 6.04 Å². The van der Waals surface area contributed by atoms with E-state index in [2.05, 4.69) is 15.3 Å². The van der Waals surface area contributed by atoms with Gasteiger partial charge < -0.3 is 20.4 Å². The normalized spacial score (nSPS) is 12.1. The molecule has 0 bridgehead atoms. The Labute approximate surface area is 159 Å². The second kappa shape index (κ2) is 7.03. The van der Waals surface area contributed by atoms with Gasteiger partial charge in [0.2, 0.25) is 0 Å². The number of fused-ring (bicyclic) bond motifs is 2. The van der Waals surface area contributed by atoms with E-state index < -0.39 is 23.7 Å². The van der Waals surface area contributed by atoms with Crippen LogP contribution in [0.25, 0.3) is 21.8 Å². The van der Waals surface area contributed by atoms with E-state index in [1.165, 1.54) is 6.20 Å². The van der Waals surface area contributed by atoms with E-state index >= 15 is 0 Å². The lowest BCUT2D eigenvalue weighted by molar-refractivity contribution is -0.141. The van der Waals surface area contributed by atoms with Gasteiger partial charge in [0, 0.05) is 40.6 Å². The largest absolute Gasteiger partial charge is 0.480 e. The van der Waals surface area contributed by atoms with Crippen LogP contribution in [0.4, 0.5) is 0 Å². The van der Waals surface area contributed by atoms with Crippen molar-refractivity contribution in [2.75, 3.05) is 0 Å². The van der Waals surface area contributed by atoms with Crippen LogP contribution < -0.4 is 5.32 Å². The zero-order valence-corrected chi connectivity index (χ0v) is 14.7. The van der Waals surface area contributed by atoms with Crippen molar-refractivity contribution in [3.05, 3.63) is 72.1 Å². The van der Waals surface area contributed by atoms with E-state index in [9.17, 15) is 19.5 Å². The molecule has 4 N–H and O–H groups in total. The molecule has 1 atom stereocenters. The average Bonchev–Trinajstić information content (AvgIpc) is 3.31. The zero-order chi connectivity index (χ0) is 19.7. The van der Waals surface area contributed by atoms with Crippen molar-refractivity contribution in [3.8, 4) is 0 Å². The molecule has 4 aromatic rings. The van der Waals surface area contributed by atoms with Gasteiger partial charge in [-0.2, -0.15) is 0 Å². The zero-order valence-electron chi connectivity index (χ0n) is 14.7. The molecular weight excluding hydrogens is 358 g/mol. The van der Waals surface area contributed by atoms with Gasteiger partial charge >= 0.3 is 5.97 Å². The maximum atomic E-state index is 12.6. The van der Waals surface area contributed by atoms with Gasteiger partial charge in [-0.25, -0.2) is 4.79 Å². The number of carbonyl (C=O) groups is 3. The highest BCUT2D eigenvalue weighted by Crippen LogP contribution is 2.20. The number of H-pyrrole nitrogens is 2. The Kier molecular flexibility index (Phi) is 4.41. The molecule has 0 fully saturated rings. The van der Waals surface area contributed by atoms with Gasteiger partial charge in [-0.1, -0.05) is 36.4 Å². The second-order valence-electron chi connectivity index (χ2n) is 6.50. The number of aromatic amines is 2. The fourth-order valence-corrected chi connectivity index (χ4v) is 3.33. The van der Waals surface area contributed by atoms with Crippen LogP contribution in [0.15, 0.2) is 60.9 Å². The number of amides is 1. The molecule has 0 spiro atoms. The molecule has 1 amide bonds. The van der Waals surface area contributed by atoms with Gasteiger partial charge in [0.05, 0.1) is 5.56 Å². The first-order valence-corrected chi connectivity index (χ1v) is 8.73. The summed E-state index contributed by atoms with van der Waals surface area (Å²) in [4.78, 5) is 42.7. The molecule has 0 saturated heterocycles. The van der Waals surface area contributed by atoms with E-state index in [0.29, 0.717) is 5.39 Å². The van der Waals surface area contributed by atoms with E-state index in [-0.39, 0.29) is 12.0 Å². The molecule has 0 aliphatic rings. The summed E-state index contributed by atoms with van der Waals surface area (Å²) in [6, 6.07) is 13.4. The Morgan fingerprint density at radius 2 is 1.50 bits per heavy atom. The van der Waals surface area contributed by atoms with Crippen LogP contribution >= 0.6 is 0 Å². The lowest BCUT2D eigenvalue weighted by Gasteiger charge is -2.13. The number of benzene rings is 2. The number of aliphatic carboxylic acids is 1. The number of Topliss-reactive ketones (excluding diaryl/α,β-unsaturated/α-hetero) is 1. The highest BCUT2D eigenvalue weighted by atomic mass is 16.4. The van der Waals surface area contributed by atoms with Crippen LogP contribution in [-0.2, 0) is 16.0 Å². The molecule has 0 radical (unpaired) electrons. The van der Waals surface area contributed by atoms with Crippen LogP contribution in [0.2, 0.25) is 0 Å². The summed E-state index contributed by atoms with van der Waals surface area (Å²) in [6.07, 6.45) is 3.24. The summed E-state index contributed by atoms with van der Waals surface area (Å²) in [7, 11) is 0. The summed E-state index contributed by atoms with van der Waals surface area (Å²) in [5, 5.41) is 13.4. The predicted molar refractivity (Wildman–Crippen MR) is 104 cm³/mol. The van der Waals surface area contributed by atoms with Gasteiger partial charge in [-0.05, 0) is 17.7 Å². The number of para-hydroxylation sites is 2. The van der Waals surface area contributed by atoms with Gasteiger partial charge in [0.15, 0.2) is 0 Å². The number of hydrogen-bond donors (Lipinski definition) is 4. The van der Waals surface area contributed by atoms with E-state index in [4.69, 9.17) is 0 Å². The number of nitrogens with one attached hydrogen (secondary N) is 3. The number of hydrogen-bond acceptors (Lipinski definition) is 3. The summed E-state index contributed by atoms with van der Waals surface area (Å²) in [5.74, 6) is -2.93. The highest BCUT2D eigenvalue weighted by Gasteiger charge is 2.27. The van der Waals surface area contributed by atoms with Crippen molar-refractivity contribution in [2.24, 2.45) is 0 Å². The molecule has 0 saturated carbocycles. The first-order chi connectivity index (χ1) is 13.5. The third kappa shape index (κ3) is 3.14. The third-order valence-electron chi connectivity index (χ3n) is 4.74. The summed E-state index contributed by atoms with van der Waals surface area (Å²) >= 11 is 0. The van der Waals surface area contributed by atoms with Gasteiger partial charge in [-0.15, -0.1) is 0 Å². The Morgan fingerprint density at radius 1 is 0.893 bits per heavy atom. The topological polar surface area (TPSA) is 115 Å². The monoisotopic (exact) mass is 375 g/mol. The Balaban J connectivity index is 1.55. The van der Waals surface area contributed by atoms with Crippen molar-refractivity contribution in [3.63, 3.8) is 0 Å². The van der Waals surface area contributed by atoms with Crippen molar-refractivity contribution >= 4 is 39.5 Å². The van der Waals surface area contributed by atoms with E-state index in [1.54, 1.807) is 24.4 Å². The minimum Gasteiger partial charge on any atom is -0.480 e. The number of rotatable bonds is 6. The predicted octanol–water partition coefficient (Wildman–Crippen LogP) is 2.64. The quantitative estimate of drug-likeness (QED) is 0.306. The molecule has 7 nitrogen and oxygen atoms in total. The molecule has 2 heterocycles. The molecule has 28 heavy (non-hydrogen) atoms. The molecule has 0 aliphatic carbocycles. The molecule has 1 unspecified atom stereocenters. The Bertz CT molecular complexity index is 1200. The Morgan fingerprint density at radius 3 is 2.21 bits per heavy atom. The first-order valence-electron chi connectivity index (χ1n) is 8.73. The number of carbonyl (C=O) groups excluding carboxylic acids is 2. The number of carboxylic acids is 1. The molecular formula is C21H17N3O4. The molecule has 2 aromatic heterocycles. The van der Waals surface area contributed by atoms with E-state index in [0.717, 1.165) is 22.0 Å². The van der Waals surface area contributed by atoms with Crippen LogP contribution in [-0.4, -0.2) is 38.8 Å². The molecule has 0 aliphatic heterocycles. The molecule has 7 heteroatoms. The maximum Gasteiger partial charge on any atom is 0.326 e. The van der Waals surface area contributed by atoms with Crippen LogP contribution in [0.5, 0.6) is 0 Å². The summed E-state index contributed by atoms with van der Waals surface area (Å²) < 4.78 is 0. The van der Waals surface area contributed by atoms with Crippen molar-refractivity contribution in [2.45, 2.75) is 12.5 Å². The lowest BCUT2D eigenvalue weighted by atomic mass is 10.0. The van der Waals surface area contributed by atoms with Gasteiger partial charge in [-0.3, -0.25) is 9.59 Å². The molecule has 2 aromatic carbocycles. The van der Waals surface area contributed by atoms with Crippen molar-refractivity contribution in [1.82, 2.24) is 15.3 Å². The maximum absolute atomic E-state index is 12.6. The van der Waals surface area contributed by atoms with Crippen LogP contribution in [0, 0.1) is 0 Å². The smallest absolute Gasteiger partial charge is 0.326 e.